The minimum absolute atomic E-state index is 0.145. The summed E-state index contributed by atoms with van der Waals surface area (Å²) in [6, 6.07) is 10.7. The van der Waals surface area contributed by atoms with Crippen LogP contribution in [0.2, 0.25) is 0 Å². The van der Waals surface area contributed by atoms with Gasteiger partial charge in [0.05, 0.1) is 28.9 Å². The van der Waals surface area contributed by atoms with Crippen LogP contribution >= 0.6 is 0 Å². The van der Waals surface area contributed by atoms with Gasteiger partial charge in [-0.05, 0) is 49.6 Å². The van der Waals surface area contributed by atoms with Gasteiger partial charge in [-0.25, -0.2) is 4.79 Å². The molecular weight excluding hydrogens is 423 g/mol. The Bertz CT molecular complexity index is 1230. The fraction of sp³-hybridized carbons (Fsp3) is 0.348. The van der Waals surface area contributed by atoms with Crippen molar-refractivity contribution < 1.29 is 22.9 Å². The first-order valence-electron chi connectivity index (χ1n) is 10.2. The second kappa shape index (κ2) is 8.29. The van der Waals surface area contributed by atoms with Crippen molar-refractivity contribution in [1.29, 1.82) is 0 Å². The lowest BCUT2D eigenvalue weighted by Gasteiger charge is -2.44. The van der Waals surface area contributed by atoms with E-state index in [-0.39, 0.29) is 18.5 Å². The molecule has 2 N–H and O–H groups in total. The van der Waals surface area contributed by atoms with Gasteiger partial charge < -0.3 is 15.0 Å². The first kappa shape index (κ1) is 21.9. The molecule has 1 aliphatic rings. The Balaban J connectivity index is 1.55. The molecule has 1 fully saturated rings. The van der Waals surface area contributed by atoms with Crippen LogP contribution in [0.25, 0.3) is 10.8 Å². The highest BCUT2D eigenvalue weighted by molar-refractivity contribution is 5.91. The van der Waals surface area contributed by atoms with Crippen LogP contribution in [0.15, 0.2) is 56.9 Å². The predicted octanol–water partition coefficient (Wildman–Crippen LogP) is 5.27. The lowest BCUT2D eigenvalue weighted by molar-refractivity contribution is -0.139. The molecule has 0 spiro atoms. The highest BCUT2D eigenvalue weighted by Crippen LogP contribution is 2.50. The molecule has 0 radical (unpaired) electrons. The molecular formula is C23H22F3N3O3. The summed E-state index contributed by atoms with van der Waals surface area (Å²) in [5.74, 6) is 0. The Labute approximate surface area is 181 Å². The van der Waals surface area contributed by atoms with Crippen LogP contribution in [0.3, 0.4) is 0 Å². The average Bonchev–Trinajstić information content (AvgIpc) is 2.75. The van der Waals surface area contributed by atoms with E-state index in [0.29, 0.717) is 40.7 Å². The van der Waals surface area contributed by atoms with Gasteiger partial charge >= 0.3 is 11.8 Å². The van der Waals surface area contributed by atoms with Crippen molar-refractivity contribution in [2.75, 3.05) is 11.9 Å². The number of alkyl halides is 3. The topological polar surface area (TPSA) is 87.7 Å². The molecule has 9 heteroatoms. The van der Waals surface area contributed by atoms with Gasteiger partial charge in [-0.15, -0.1) is 0 Å². The van der Waals surface area contributed by atoms with Crippen molar-refractivity contribution in [3.05, 3.63) is 69.7 Å². The van der Waals surface area contributed by atoms with Gasteiger partial charge in [0.1, 0.15) is 0 Å². The predicted molar refractivity (Wildman–Crippen MR) is 114 cm³/mol. The molecule has 3 aromatic rings. The van der Waals surface area contributed by atoms with Crippen LogP contribution in [0.4, 0.5) is 18.9 Å². The number of oxime groups is 1. The number of anilines is 1. The summed E-state index contributed by atoms with van der Waals surface area (Å²) < 4.78 is 45.5. The van der Waals surface area contributed by atoms with Crippen LogP contribution in [-0.2, 0) is 11.6 Å². The molecule has 168 valence electrons. The molecule has 4 rings (SSSR count). The molecule has 1 aliphatic carbocycles. The standard InChI is InChI=1S/C23H22F3N3O3/c1-14-18-11-15(7-8-17(18)21(30)32-29-14)27-13-16(28-31)12-22(9-4-10-22)19-5-2-3-6-20(19)23(24,25)26/h2-3,5-8,11,27,31H,4,9-10,12-13H2,1H3/b28-16+. The van der Waals surface area contributed by atoms with Crippen molar-refractivity contribution in [1.82, 2.24) is 5.16 Å². The lowest BCUT2D eigenvalue weighted by atomic mass is 9.60. The fourth-order valence-corrected chi connectivity index (χ4v) is 4.41. The number of fused-ring (bicyclic) bond motifs is 1. The van der Waals surface area contributed by atoms with Crippen molar-refractivity contribution in [2.24, 2.45) is 5.16 Å². The van der Waals surface area contributed by atoms with Crippen molar-refractivity contribution >= 4 is 22.2 Å². The summed E-state index contributed by atoms with van der Waals surface area (Å²) in [5.41, 5.74) is -0.0726. The molecule has 2 aromatic carbocycles. The minimum Gasteiger partial charge on any atom is -0.411 e. The van der Waals surface area contributed by atoms with E-state index in [4.69, 9.17) is 4.52 Å². The quantitative estimate of drug-likeness (QED) is 0.307. The summed E-state index contributed by atoms with van der Waals surface area (Å²) in [6.07, 6.45) is -2.23. The normalized spacial score (nSPS) is 16.1. The molecule has 0 saturated heterocycles. The number of hydrogen-bond donors (Lipinski definition) is 2. The molecule has 6 nitrogen and oxygen atoms in total. The van der Waals surface area contributed by atoms with Crippen LogP contribution in [0.1, 0.15) is 42.5 Å². The highest BCUT2D eigenvalue weighted by Gasteiger charge is 2.45. The molecule has 0 amide bonds. The maximum absolute atomic E-state index is 13.6. The fourth-order valence-electron chi connectivity index (χ4n) is 4.41. The maximum Gasteiger partial charge on any atom is 0.416 e. The third-order valence-corrected chi connectivity index (χ3v) is 6.19. The third kappa shape index (κ3) is 4.06. The van der Waals surface area contributed by atoms with Crippen molar-refractivity contribution in [2.45, 2.75) is 44.2 Å². The first-order valence-corrected chi connectivity index (χ1v) is 10.2. The number of aromatic nitrogens is 1. The van der Waals surface area contributed by atoms with Crippen LogP contribution in [-0.4, -0.2) is 22.6 Å². The largest absolute Gasteiger partial charge is 0.416 e. The van der Waals surface area contributed by atoms with Gasteiger partial charge in [0.25, 0.3) is 0 Å². The van der Waals surface area contributed by atoms with E-state index in [2.05, 4.69) is 15.6 Å². The van der Waals surface area contributed by atoms with Crippen LogP contribution in [0.5, 0.6) is 0 Å². The molecule has 1 aromatic heterocycles. The monoisotopic (exact) mass is 445 g/mol. The summed E-state index contributed by atoms with van der Waals surface area (Å²) in [4.78, 5) is 11.8. The molecule has 0 unspecified atom stereocenters. The van der Waals surface area contributed by atoms with E-state index in [9.17, 15) is 23.2 Å². The van der Waals surface area contributed by atoms with Gasteiger partial charge in [-0.2, -0.15) is 13.2 Å². The molecule has 32 heavy (non-hydrogen) atoms. The van der Waals surface area contributed by atoms with Gasteiger partial charge in [0.15, 0.2) is 0 Å². The number of benzene rings is 2. The minimum atomic E-state index is -4.45. The summed E-state index contributed by atoms with van der Waals surface area (Å²) in [6.45, 7) is 1.86. The van der Waals surface area contributed by atoms with E-state index in [0.717, 1.165) is 12.5 Å². The number of nitrogens with one attached hydrogen (secondary N) is 1. The van der Waals surface area contributed by atoms with Gasteiger partial charge in [0, 0.05) is 22.9 Å². The Kier molecular flexibility index (Phi) is 5.66. The van der Waals surface area contributed by atoms with Gasteiger partial charge in [0.2, 0.25) is 0 Å². The first-order chi connectivity index (χ1) is 15.2. The SMILES string of the molecule is Cc1noc(=O)c2ccc(NC/C(CC3(c4ccccc4C(F)(F)F)CCC3)=N/O)cc12. The van der Waals surface area contributed by atoms with E-state index in [1.54, 1.807) is 31.2 Å². The second-order valence-electron chi connectivity index (χ2n) is 8.19. The molecule has 1 heterocycles. The number of hydrogen-bond acceptors (Lipinski definition) is 6. The van der Waals surface area contributed by atoms with E-state index in [1.807, 2.05) is 0 Å². The van der Waals surface area contributed by atoms with Gasteiger partial charge in [-0.1, -0.05) is 34.9 Å². The number of halogens is 3. The Morgan fingerprint density at radius 3 is 2.62 bits per heavy atom. The summed E-state index contributed by atoms with van der Waals surface area (Å²) >= 11 is 0. The van der Waals surface area contributed by atoms with Crippen molar-refractivity contribution in [3.8, 4) is 0 Å². The van der Waals surface area contributed by atoms with Gasteiger partial charge in [-0.3, -0.25) is 0 Å². The molecule has 1 saturated carbocycles. The summed E-state index contributed by atoms with van der Waals surface area (Å²) in [7, 11) is 0. The zero-order valence-corrected chi connectivity index (χ0v) is 17.4. The Morgan fingerprint density at radius 2 is 1.97 bits per heavy atom. The number of nitrogens with zero attached hydrogens (tertiary/aromatic N) is 2. The van der Waals surface area contributed by atoms with E-state index >= 15 is 0 Å². The van der Waals surface area contributed by atoms with E-state index in [1.165, 1.54) is 12.1 Å². The second-order valence-corrected chi connectivity index (χ2v) is 8.19. The zero-order chi connectivity index (χ0) is 22.9. The molecule has 0 atom stereocenters. The lowest BCUT2D eigenvalue weighted by Crippen LogP contribution is -2.39. The smallest absolute Gasteiger partial charge is 0.411 e. The zero-order valence-electron chi connectivity index (χ0n) is 17.4. The highest BCUT2D eigenvalue weighted by atomic mass is 19.4. The third-order valence-electron chi connectivity index (χ3n) is 6.19. The Morgan fingerprint density at radius 1 is 1.22 bits per heavy atom. The van der Waals surface area contributed by atoms with Crippen molar-refractivity contribution in [3.63, 3.8) is 0 Å². The number of aryl methyl sites for hydroxylation is 1. The number of rotatable bonds is 6. The van der Waals surface area contributed by atoms with E-state index < -0.39 is 22.8 Å². The summed E-state index contributed by atoms with van der Waals surface area (Å²) in [5, 5.41) is 20.8. The molecule has 0 bridgehead atoms. The molecule has 0 aliphatic heterocycles. The van der Waals surface area contributed by atoms with Crippen LogP contribution in [0, 0.1) is 6.92 Å². The average molecular weight is 445 g/mol. The maximum atomic E-state index is 13.6. The Hall–Kier alpha value is -3.36. The van der Waals surface area contributed by atoms with Crippen LogP contribution < -0.4 is 10.9 Å².